The van der Waals surface area contributed by atoms with E-state index in [-0.39, 0.29) is 30.1 Å². The van der Waals surface area contributed by atoms with Crippen molar-refractivity contribution in [1.29, 1.82) is 0 Å². The molecule has 0 saturated carbocycles. The van der Waals surface area contributed by atoms with Crippen LogP contribution in [-0.4, -0.2) is 37.5 Å². The Bertz CT molecular complexity index is 845. The second-order valence-corrected chi connectivity index (χ2v) is 8.98. The predicted molar refractivity (Wildman–Crippen MR) is 92.1 cm³/mol. The highest BCUT2D eigenvalue weighted by Gasteiger charge is 2.35. The Hall–Kier alpha value is -1.93. The quantitative estimate of drug-likeness (QED) is 0.793. The Morgan fingerprint density at radius 2 is 2.00 bits per heavy atom. The van der Waals surface area contributed by atoms with Gasteiger partial charge in [0.1, 0.15) is 0 Å². The van der Waals surface area contributed by atoms with Crippen LogP contribution in [0.2, 0.25) is 0 Å². The average molecular weight is 366 g/mol. The molecule has 0 aromatic heterocycles. The number of carbonyl (C=O) groups is 2. The first-order valence-electron chi connectivity index (χ1n) is 8.31. The van der Waals surface area contributed by atoms with Gasteiger partial charge in [-0.05, 0) is 56.4 Å². The van der Waals surface area contributed by atoms with Crippen LogP contribution in [0.5, 0.6) is 0 Å². The van der Waals surface area contributed by atoms with Crippen LogP contribution in [0.25, 0.3) is 0 Å². The summed E-state index contributed by atoms with van der Waals surface area (Å²) in [6, 6.07) is 3.21. The lowest BCUT2D eigenvalue weighted by Gasteiger charge is -2.27. The number of carbonyl (C=O) groups excluding carboxylic acids is 1. The third kappa shape index (κ3) is 3.55. The maximum atomic E-state index is 12.8. The first kappa shape index (κ1) is 17.9. The van der Waals surface area contributed by atoms with E-state index in [0.717, 1.165) is 29.7 Å². The molecule has 136 valence electrons. The molecule has 0 unspecified atom stereocenters. The molecule has 2 aliphatic rings. The number of aliphatic carboxylic acids is 1. The fourth-order valence-corrected chi connectivity index (χ4v) is 5.04. The second kappa shape index (κ2) is 6.10. The minimum absolute atomic E-state index is 0.0141. The second-order valence-electron chi connectivity index (χ2n) is 7.30. The third-order valence-corrected chi connectivity index (χ3v) is 6.34. The van der Waals surface area contributed by atoms with Gasteiger partial charge in [0, 0.05) is 18.5 Å². The van der Waals surface area contributed by atoms with Gasteiger partial charge in [-0.25, -0.2) is 13.1 Å². The maximum absolute atomic E-state index is 12.8. The third-order valence-electron chi connectivity index (χ3n) is 4.67. The average Bonchev–Trinajstić information content (AvgIpc) is 2.82. The topological polar surface area (TPSA) is 104 Å². The summed E-state index contributed by atoms with van der Waals surface area (Å²) in [5.74, 6) is -0.951. The lowest BCUT2D eigenvalue weighted by Crippen LogP contribution is -2.43. The number of nitrogens with zero attached hydrogens (tertiary/aromatic N) is 1. The summed E-state index contributed by atoms with van der Waals surface area (Å²) in [4.78, 5) is 24.7. The van der Waals surface area contributed by atoms with Crippen LogP contribution >= 0.6 is 0 Å². The molecule has 25 heavy (non-hydrogen) atoms. The Balaban J connectivity index is 1.90. The fraction of sp³-hybridized carbons (Fsp3) is 0.529. The first-order valence-corrected chi connectivity index (χ1v) is 9.79. The molecule has 0 atom stereocenters. The van der Waals surface area contributed by atoms with E-state index in [2.05, 4.69) is 4.72 Å². The maximum Gasteiger partial charge on any atom is 0.303 e. The van der Waals surface area contributed by atoms with Gasteiger partial charge < -0.3 is 10.0 Å². The van der Waals surface area contributed by atoms with Gasteiger partial charge in [0.25, 0.3) is 0 Å². The molecule has 0 spiro atoms. The molecule has 0 saturated heterocycles. The highest BCUT2D eigenvalue weighted by Crippen LogP contribution is 2.38. The zero-order valence-corrected chi connectivity index (χ0v) is 15.1. The zero-order chi connectivity index (χ0) is 18.4. The van der Waals surface area contributed by atoms with Crippen LogP contribution < -0.4 is 9.62 Å². The standard InChI is InChI=1S/C17H22N2O5S/c1-17(2,6-5-15(21)22)18-25(23,24)13-8-11-4-3-7-19-14(20)10-12(9-13)16(11)19/h8-9,18H,3-7,10H2,1-2H3,(H,21,22). The van der Waals surface area contributed by atoms with Gasteiger partial charge in [0.15, 0.2) is 0 Å². The normalized spacial score (nSPS) is 16.9. The Morgan fingerprint density at radius 3 is 2.68 bits per heavy atom. The minimum Gasteiger partial charge on any atom is -0.481 e. The van der Waals surface area contributed by atoms with Crippen LogP contribution in [0.15, 0.2) is 17.0 Å². The van der Waals surface area contributed by atoms with Crippen LogP contribution in [0.1, 0.15) is 44.2 Å². The summed E-state index contributed by atoms with van der Waals surface area (Å²) in [6.45, 7) is 4.01. The molecule has 3 rings (SSSR count). The molecule has 1 aromatic carbocycles. The van der Waals surface area contributed by atoms with Crippen molar-refractivity contribution in [3.8, 4) is 0 Å². The molecule has 7 nitrogen and oxygen atoms in total. The summed E-state index contributed by atoms with van der Waals surface area (Å²) >= 11 is 0. The molecule has 0 fully saturated rings. The van der Waals surface area contributed by atoms with E-state index < -0.39 is 21.5 Å². The number of aryl methyl sites for hydroxylation is 1. The van der Waals surface area contributed by atoms with Crippen molar-refractivity contribution < 1.29 is 23.1 Å². The van der Waals surface area contributed by atoms with Crippen molar-refractivity contribution in [3.63, 3.8) is 0 Å². The molecule has 2 N–H and O–H groups in total. The Labute approximate surface area is 147 Å². The first-order chi connectivity index (χ1) is 11.6. The monoisotopic (exact) mass is 366 g/mol. The van der Waals surface area contributed by atoms with E-state index >= 15 is 0 Å². The van der Waals surface area contributed by atoms with Crippen LogP contribution in [0.4, 0.5) is 5.69 Å². The lowest BCUT2D eigenvalue weighted by molar-refractivity contribution is -0.137. The van der Waals surface area contributed by atoms with Gasteiger partial charge in [-0.1, -0.05) is 0 Å². The van der Waals surface area contributed by atoms with Gasteiger partial charge in [-0.2, -0.15) is 0 Å². The summed E-state index contributed by atoms with van der Waals surface area (Å²) in [7, 11) is -3.80. The Kier molecular flexibility index (Phi) is 4.36. The number of hydrogen-bond donors (Lipinski definition) is 2. The minimum atomic E-state index is -3.80. The number of anilines is 1. The zero-order valence-electron chi connectivity index (χ0n) is 14.3. The number of hydrogen-bond acceptors (Lipinski definition) is 4. The van der Waals surface area contributed by atoms with Crippen molar-refractivity contribution in [2.75, 3.05) is 11.4 Å². The SMILES string of the molecule is CC(C)(CCC(=O)O)NS(=O)(=O)c1cc2c3c(c1)CC(=O)N3CCC2. The van der Waals surface area contributed by atoms with Crippen molar-refractivity contribution in [2.45, 2.75) is 56.4 Å². The van der Waals surface area contributed by atoms with Crippen molar-refractivity contribution >= 4 is 27.6 Å². The molecule has 1 aromatic rings. The van der Waals surface area contributed by atoms with Gasteiger partial charge >= 0.3 is 5.97 Å². The largest absolute Gasteiger partial charge is 0.481 e. The van der Waals surface area contributed by atoms with E-state index in [1.165, 1.54) is 0 Å². The highest BCUT2D eigenvalue weighted by atomic mass is 32.2. The molecule has 1 amide bonds. The van der Waals surface area contributed by atoms with E-state index in [0.29, 0.717) is 6.54 Å². The number of rotatable bonds is 6. The molecular formula is C17H22N2O5S. The number of amides is 1. The number of carboxylic acids is 1. The van der Waals surface area contributed by atoms with E-state index in [1.54, 1.807) is 30.9 Å². The number of benzene rings is 1. The summed E-state index contributed by atoms with van der Waals surface area (Å²) in [6.07, 6.45) is 1.87. The van der Waals surface area contributed by atoms with Crippen molar-refractivity contribution in [1.82, 2.24) is 4.72 Å². The Morgan fingerprint density at radius 1 is 1.32 bits per heavy atom. The van der Waals surface area contributed by atoms with Gasteiger partial charge in [0.2, 0.25) is 15.9 Å². The van der Waals surface area contributed by atoms with Crippen LogP contribution in [0, 0.1) is 0 Å². The van der Waals surface area contributed by atoms with Crippen molar-refractivity contribution in [3.05, 3.63) is 23.3 Å². The molecule has 2 aliphatic heterocycles. The summed E-state index contributed by atoms with van der Waals surface area (Å²) in [5.41, 5.74) is 1.64. The van der Waals surface area contributed by atoms with E-state index in [1.807, 2.05) is 0 Å². The van der Waals surface area contributed by atoms with Gasteiger partial charge in [0.05, 0.1) is 17.0 Å². The molecule has 0 aliphatic carbocycles. The molecule has 8 heteroatoms. The highest BCUT2D eigenvalue weighted by molar-refractivity contribution is 7.89. The smallest absolute Gasteiger partial charge is 0.303 e. The molecule has 0 bridgehead atoms. The predicted octanol–water partition coefficient (Wildman–Crippen LogP) is 1.44. The lowest BCUT2D eigenvalue weighted by atomic mass is 10.0. The number of nitrogens with one attached hydrogen (secondary N) is 1. The van der Waals surface area contributed by atoms with Gasteiger partial charge in [-0.15, -0.1) is 0 Å². The summed E-state index contributed by atoms with van der Waals surface area (Å²) < 4.78 is 28.2. The van der Waals surface area contributed by atoms with E-state index in [4.69, 9.17) is 5.11 Å². The molecule has 0 radical (unpaired) electrons. The molecule has 2 heterocycles. The van der Waals surface area contributed by atoms with Gasteiger partial charge in [-0.3, -0.25) is 9.59 Å². The van der Waals surface area contributed by atoms with Crippen molar-refractivity contribution in [2.24, 2.45) is 0 Å². The number of sulfonamides is 1. The van der Waals surface area contributed by atoms with E-state index in [9.17, 15) is 18.0 Å². The van der Waals surface area contributed by atoms with Crippen LogP contribution in [-0.2, 0) is 32.5 Å². The summed E-state index contributed by atoms with van der Waals surface area (Å²) in [5, 5.41) is 8.81. The molecular weight excluding hydrogens is 344 g/mol. The fourth-order valence-electron chi connectivity index (χ4n) is 3.50. The number of carboxylic acid groups (broad SMARTS) is 1. The van der Waals surface area contributed by atoms with Crippen LogP contribution in [0.3, 0.4) is 0 Å².